The van der Waals surface area contributed by atoms with Crippen LogP contribution >= 0.6 is 0 Å². The number of carbonyl (C=O) groups excluding carboxylic acids is 1. The molecule has 21 heavy (non-hydrogen) atoms. The number of aldehydes is 1. The van der Waals surface area contributed by atoms with Crippen molar-refractivity contribution in [2.45, 2.75) is 58.8 Å². The monoisotopic (exact) mass is 284 g/mol. The summed E-state index contributed by atoms with van der Waals surface area (Å²) in [5.74, 6) is 2.79. The standard InChI is InChI=1S/C20H28O/c1-19-11-4-3-5-14(19)6-8-16-17-9-7-15(13-21)20(17,2)12-10-18(16)19/h3,5-6,13,15-18H,4,7-12H2,1-2H3/t15?,16-,17-,18-,19-,20+/m0/s1. The van der Waals surface area contributed by atoms with Gasteiger partial charge >= 0.3 is 0 Å². The van der Waals surface area contributed by atoms with Gasteiger partial charge in [-0.15, -0.1) is 0 Å². The van der Waals surface area contributed by atoms with E-state index in [0.717, 1.165) is 24.2 Å². The van der Waals surface area contributed by atoms with E-state index in [9.17, 15) is 4.79 Å². The maximum Gasteiger partial charge on any atom is 0.123 e. The van der Waals surface area contributed by atoms with E-state index >= 15 is 0 Å². The third kappa shape index (κ3) is 1.72. The molecule has 4 aliphatic carbocycles. The molecular formula is C20H28O. The molecule has 1 unspecified atom stereocenters. The number of hydrogen-bond donors (Lipinski definition) is 0. The topological polar surface area (TPSA) is 17.1 Å². The Labute approximate surface area is 128 Å². The normalized spacial score (nSPS) is 51.6. The first-order valence-corrected chi connectivity index (χ1v) is 8.92. The van der Waals surface area contributed by atoms with Crippen LogP contribution in [0.15, 0.2) is 23.8 Å². The summed E-state index contributed by atoms with van der Waals surface area (Å²) in [5, 5.41) is 0. The molecule has 4 aliphatic rings. The molecule has 1 heteroatoms. The zero-order valence-electron chi connectivity index (χ0n) is 13.5. The van der Waals surface area contributed by atoms with Crippen LogP contribution in [0.2, 0.25) is 0 Å². The van der Waals surface area contributed by atoms with Crippen molar-refractivity contribution in [3.8, 4) is 0 Å². The van der Waals surface area contributed by atoms with Crippen LogP contribution in [0.5, 0.6) is 0 Å². The van der Waals surface area contributed by atoms with Gasteiger partial charge in [0.2, 0.25) is 0 Å². The molecule has 0 heterocycles. The highest BCUT2D eigenvalue weighted by atomic mass is 16.1. The predicted molar refractivity (Wildman–Crippen MR) is 85.8 cm³/mol. The van der Waals surface area contributed by atoms with E-state index in [2.05, 4.69) is 32.1 Å². The van der Waals surface area contributed by atoms with Gasteiger partial charge in [0, 0.05) is 5.92 Å². The molecule has 0 radical (unpaired) electrons. The molecule has 1 nitrogen and oxygen atoms in total. The second-order valence-corrected chi connectivity index (χ2v) is 8.49. The van der Waals surface area contributed by atoms with E-state index in [0.29, 0.717) is 16.7 Å². The van der Waals surface area contributed by atoms with Gasteiger partial charge in [-0.05, 0) is 79.1 Å². The van der Waals surface area contributed by atoms with Crippen LogP contribution in [0.3, 0.4) is 0 Å². The van der Waals surface area contributed by atoms with Gasteiger partial charge in [0.1, 0.15) is 6.29 Å². The lowest BCUT2D eigenvalue weighted by molar-refractivity contribution is -0.117. The fourth-order valence-corrected chi connectivity index (χ4v) is 6.56. The summed E-state index contributed by atoms with van der Waals surface area (Å²) in [4.78, 5) is 11.5. The van der Waals surface area contributed by atoms with Gasteiger partial charge in [-0.3, -0.25) is 0 Å². The van der Waals surface area contributed by atoms with Crippen LogP contribution in [0.1, 0.15) is 58.8 Å². The van der Waals surface area contributed by atoms with Gasteiger partial charge in [-0.25, -0.2) is 0 Å². The summed E-state index contributed by atoms with van der Waals surface area (Å²) < 4.78 is 0. The van der Waals surface area contributed by atoms with Crippen LogP contribution in [-0.2, 0) is 4.79 Å². The number of hydrogen-bond acceptors (Lipinski definition) is 1. The highest BCUT2D eigenvalue weighted by Crippen LogP contribution is 2.65. The average molecular weight is 284 g/mol. The molecule has 114 valence electrons. The minimum Gasteiger partial charge on any atom is -0.303 e. The van der Waals surface area contributed by atoms with Crippen LogP contribution in [0.4, 0.5) is 0 Å². The number of rotatable bonds is 1. The Morgan fingerprint density at radius 3 is 2.81 bits per heavy atom. The van der Waals surface area contributed by atoms with Crippen LogP contribution < -0.4 is 0 Å². The molecule has 0 aromatic rings. The van der Waals surface area contributed by atoms with Gasteiger partial charge in [0.05, 0.1) is 0 Å². The van der Waals surface area contributed by atoms with E-state index in [4.69, 9.17) is 0 Å². The third-order valence-corrected chi connectivity index (χ3v) is 7.89. The third-order valence-electron chi connectivity index (χ3n) is 7.89. The maximum atomic E-state index is 11.5. The van der Waals surface area contributed by atoms with Crippen molar-refractivity contribution in [3.05, 3.63) is 23.8 Å². The van der Waals surface area contributed by atoms with Crippen molar-refractivity contribution < 1.29 is 4.79 Å². The lowest BCUT2D eigenvalue weighted by Crippen LogP contribution is -2.49. The Morgan fingerprint density at radius 1 is 1.14 bits per heavy atom. The van der Waals surface area contributed by atoms with Gasteiger partial charge in [0.25, 0.3) is 0 Å². The molecule has 0 spiro atoms. The lowest BCUT2D eigenvalue weighted by atomic mass is 9.48. The summed E-state index contributed by atoms with van der Waals surface area (Å²) in [6.07, 6.45) is 17.4. The Bertz CT molecular complexity index is 516. The number of carbonyl (C=O) groups is 1. The molecular weight excluding hydrogens is 256 g/mol. The van der Waals surface area contributed by atoms with Gasteiger partial charge in [-0.2, -0.15) is 0 Å². The smallest absolute Gasteiger partial charge is 0.123 e. The van der Waals surface area contributed by atoms with E-state index in [1.165, 1.54) is 44.8 Å². The van der Waals surface area contributed by atoms with Crippen LogP contribution in [0, 0.1) is 34.5 Å². The second kappa shape index (κ2) is 4.57. The Hall–Kier alpha value is -0.850. The van der Waals surface area contributed by atoms with Crippen molar-refractivity contribution >= 4 is 6.29 Å². The van der Waals surface area contributed by atoms with E-state index in [1.807, 2.05) is 0 Å². The molecule has 4 rings (SSSR count). The van der Waals surface area contributed by atoms with Gasteiger partial charge in [0.15, 0.2) is 0 Å². The summed E-state index contributed by atoms with van der Waals surface area (Å²) in [5.41, 5.74) is 2.33. The Morgan fingerprint density at radius 2 is 2.00 bits per heavy atom. The van der Waals surface area contributed by atoms with E-state index in [-0.39, 0.29) is 0 Å². The molecule has 0 aliphatic heterocycles. The SMILES string of the molecule is C[C@]12CCC=CC1=CC[C@@H]1[C@@H]2CC[C@]2(C)C(C=O)CC[C@@H]12. The number of fused-ring (bicyclic) bond motifs is 5. The molecule has 0 bridgehead atoms. The molecule has 0 saturated heterocycles. The first-order valence-electron chi connectivity index (χ1n) is 8.92. The quantitative estimate of drug-likeness (QED) is 0.624. The Balaban J connectivity index is 1.71. The molecule has 0 N–H and O–H groups in total. The lowest BCUT2D eigenvalue weighted by Gasteiger charge is -2.56. The first-order chi connectivity index (χ1) is 10.1. The molecule has 0 amide bonds. The second-order valence-electron chi connectivity index (χ2n) is 8.49. The van der Waals surface area contributed by atoms with E-state index in [1.54, 1.807) is 5.57 Å². The summed E-state index contributed by atoms with van der Waals surface area (Å²) >= 11 is 0. The number of allylic oxidation sites excluding steroid dienone is 4. The first kappa shape index (κ1) is 13.8. The van der Waals surface area contributed by atoms with Crippen molar-refractivity contribution in [1.82, 2.24) is 0 Å². The molecule has 6 atom stereocenters. The minimum absolute atomic E-state index is 0.301. The van der Waals surface area contributed by atoms with Crippen molar-refractivity contribution in [2.75, 3.05) is 0 Å². The van der Waals surface area contributed by atoms with Crippen molar-refractivity contribution in [2.24, 2.45) is 34.5 Å². The van der Waals surface area contributed by atoms with Crippen LogP contribution in [0.25, 0.3) is 0 Å². The highest BCUT2D eigenvalue weighted by Gasteiger charge is 2.57. The predicted octanol–water partition coefficient (Wildman–Crippen LogP) is 4.93. The molecule has 0 aromatic carbocycles. The minimum atomic E-state index is 0.301. The zero-order valence-corrected chi connectivity index (χ0v) is 13.5. The molecule has 0 aromatic heterocycles. The zero-order chi connectivity index (χ0) is 14.7. The fraction of sp³-hybridized carbons (Fsp3) is 0.750. The largest absolute Gasteiger partial charge is 0.303 e. The Kier molecular flexibility index (Phi) is 3.00. The van der Waals surface area contributed by atoms with Crippen LogP contribution in [-0.4, -0.2) is 6.29 Å². The summed E-state index contributed by atoms with van der Waals surface area (Å²) in [7, 11) is 0. The van der Waals surface area contributed by atoms with Gasteiger partial charge < -0.3 is 4.79 Å². The van der Waals surface area contributed by atoms with E-state index < -0.39 is 0 Å². The average Bonchev–Trinajstić information content (AvgIpc) is 2.83. The summed E-state index contributed by atoms with van der Waals surface area (Å²) in [6.45, 7) is 4.94. The van der Waals surface area contributed by atoms with Crippen molar-refractivity contribution in [3.63, 3.8) is 0 Å². The highest BCUT2D eigenvalue weighted by molar-refractivity contribution is 5.56. The summed E-state index contributed by atoms with van der Waals surface area (Å²) in [6, 6.07) is 0. The fourth-order valence-electron chi connectivity index (χ4n) is 6.56. The molecule has 2 saturated carbocycles. The van der Waals surface area contributed by atoms with Crippen molar-refractivity contribution in [1.29, 1.82) is 0 Å². The molecule has 2 fully saturated rings. The maximum absolute atomic E-state index is 11.5. The van der Waals surface area contributed by atoms with Gasteiger partial charge in [-0.1, -0.05) is 32.1 Å².